The first-order chi connectivity index (χ1) is 9.59. The van der Waals surface area contributed by atoms with Gasteiger partial charge in [0.25, 0.3) is 5.91 Å². The number of rotatable bonds is 7. The lowest BCUT2D eigenvalue weighted by atomic mass is 10.1. The van der Waals surface area contributed by atoms with Gasteiger partial charge in [-0.2, -0.15) is 0 Å². The third-order valence-corrected chi connectivity index (χ3v) is 3.39. The SMILES string of the molecule is CC(C)(CNC(=O)COc1ccccc1N)NS(C)(=O)=O. The van der Waals surface area contributed by atoms with E-state index in [1.165, 1.54) is 0 Å². The molecule has 0 radical (unpaired) electrons. The van der Waals surface area contributed by atoms with Crippen LogP contribution in [0.4, 0.5) is 5.69 Å². The highest BCUT2D eigenvalue weighted by Crippen LogP contribution is 2.19. The summed E-state index contributed by atoms with van der Waals surface area (Å²) in [5.41, 5.74) is 5.35. The monoisotopic (exact) mass is 315 g/mol. The largest absolute Gasteiger partial charge is 0.482 e. The summed E-state index contributed by atoms with van der Waals surface area (Å²) in [6.07, 6.45) is 1.07. The predicted octanol–water partition coefficient (Wildman–Crippen LogP) is 0.0916. The fourth-order valence-corrected chi connectivity index (χ4v) is 2.74. The van der Waals surface area contributed by atoms with Crippen LogP contribution in [0, 0.1) is 0 Å². The minimum atomic E-state index is -3.34. The summed E-state index contributed by atoms with van der Waals surface area (Å²) in [6, 6.07) is 6.86. The number of carbonyl (C=O) groups is 1. The van der Waals surface area contributed by atoms with E-state index in [1.54, 1.807) is 38.1 Å². The van der Waals surface area contributed by atoms with Gasteiger partial charge in [-0.05, 0) is 26.0 Å². The Kier molecular flexibility index (Phi) is 5.56. The lowest BCUT2D eigenvalue weighted by molar-refractivity contribution is -0.123. The van der Waals surface area contributed by atoms with Gasteiger partial charge in [0.1, 0.15) is 5.75 Å². The van der Waals surface area contributed by atoms with Gasteiger partial charge in [-0.3, -0.25) is 4.79 Å². The van der Waals surface area contributed by atoms with Crippen molar-refractivity contribution in [2.75, 3.05) is 25.1 Å². The average molecular weight is 315 g/mol. The number of hydrogen-bond donors (Lipinski definition) is 3. The standard InChI is InChI=1S/C13H21N3O4S/c1-13(2,16-21(3,18)19)9-15-12(17)8-20-11-7-5-4-6-10(11)14/h4-7,16H,8-9,14H2,1-3H3,(H,15,17). The van der Waals surface area contributed by atoms with Crippen LogP contribution in [0.2, 0.25) is 0 Å². The maximum atomic E-state index is 11.7. The maximum absolute atomic E-state index is 11.7. The number of nitrogens with two attached hydrogens (primary N) is 1. The second-order valence-corrected chi connectivity index (χ2v) is 7.11. The molecule has 7 nitrogen and oxygen atoms in total. The molecule has 0 saturated carbocycles. The molecule has 1 aromatic rings. The molecule has 0 bridgehead atoms. The zero-order chi connectivity index (χ0) is 16.1. The summed E-state index contributed by atoms with van der Waals surface area (Å²) in [7, 11) is -3.34. The van der Waals surface area contributed by atoms with E-state index in [2.05, 4.69) is 10.0 Å². The molecule has 118 valence electrons. The van der Waals surface area contributed by atoms with Crippen LogP contribution < -0.4 is 20.5 Å². The van der Waals surface area contributed by atoms with Crippen molar-refractivity contribution in [2.24, 2.45) is 0 Å². The van der Waals surface area contributed by atoms with Crippen LogP contribution in [-0.4, -0.2) is 39.3 Å². The fraction of sp³-hybridized carbons (Fsp3) is 0.462. The van der Waals surface area contributed by atoms with Crippen LogP contribution >= 0.6 is 0 Å². The van der Waals surface area contributed by atoms with Crippen LogP contribution in [0.1, 0.15) is 13.8 Å². The first kappa shape index (κ1) is 17.3. The molecule has 0 heterocycles. The van der Waals surface area contributed by atoms with Crippen molar-refractivity contribution in [2.45, 2.75) is 19.4 Å². The Hall–Kier alpha value is -1.80. The van der Waals surface area contributed by atoms with Crippen LogP contribution in [0.3, 0.4) is 0 Å². The molecule has 0 atom stereocenters. The van der Waals surface area contributed by atoms with Crippen molar-refractivity contribution in [1.29, 1.82) is 0 Å². The Balaban J connectivity index is 2.43. The van der Waals surface area contributed by atoms with Crippen LogP contribution in [0.15, 0.2) is 24.3 Å². The highest BCUT2D eigenvalue weighted by molar-refractivity contribution is 7.88. The Bertz CT molecular complexity index is 599. The molecule has 0 unspecified atom stereocenters. The summed E-state index contributed by atoms with van der Waals surface area (Å²) < 4.78 is 30.1. The number of anilines is 1. The first-order valence-corrected chi connectivity index (χ1v) is 8.21. The maximum Gasteiger partial charge on any atom is 0.258 e. The molecule has 0 aliphatic carbocycles. The smallest absolute Gasteiger partial charge is 0.258 e. The molecule has 8 heteroatoms. The number of nitrogens with one attached hydrogen (secondary N) is 2. The quantitative estimate of drug-likeness (QED) is 0.618. The minimum absolute atomic E-state index is 0.145. The van der Waals surface area contributed by atoms with E-state index in [9.17, 15) is 13.2 Å². The van der Waals surface area contributed by atoms with Crippen molar-refractivity contribution in [3.63, 3.8) is 0 Å². The fourth-order valence-electron chi connectivity index (χ4n) is 1.66. The van der Waals surface area contributed by atoms with Crippen molar-refractivity contribution >= 4 is 21.6 Å². The van der Waals surface area contributed by atoms with Gasteiger partial charge in [-0.1, -0.05) is 12.1 Å². The van der Waals surface area contributed by atoms with Gasteiger partial charge in [0.2, 0.25) is 10.0 Å². The molecule has 4 N–H and O–H groups in total. The highest BCUT2D eigenvalue weighted by Gasteiger charge is 2.22. The van der Waals surface area contributed by atoms with Gasteiger partial charge < -0.3 is 15.8 Å². The van der Waals surface area contributed by atoms with E-state index in [-0.39, 0.29) is 19.1 Å². The minimum Gasteiger partial charge on any atom is -0.482 e. The van der Waals surface area contributed by atoms with Gasteiger partial charge in [0.05, 0.1) is 11.9 Å². The van der Waals surface area contributed by atoms with E-state index in [0.29, 0.717) is 11.4 Å². The average Bonchev–Trinajstić information content (AvgIpc) is 2.33. The van der Waals surface area contributed by atoms with Gasteiger partial charge in [0, 0.05) is 12.1 Å². The normalized spacial score (nSPS) is 12.0. The molecule has 0 saturated heterocycles. The molecule has 0 spiro atoms. The summed E-state index contributed by atoms with van der Waals surface area (Å²) in [4.78, 5) is 11.7. The third kappa shape index (κ3) is 6.96. The number of sulfonamides is 1. The molecule has 0 aromatic heterocycles. The summed E-state index contributed by atoms with van der Waals surface area (Å²) >= 11 is 0. The number of benzene rings is 1. The molecule has 21 heavy (non-hydrogen) atoms. The van der Waals surface area contributed by atoms with Crippen molar-refractivity contribution in [3.8, 4) is 5.75 Å². The second kappa shape index (κ2) is 6.77. The van der Waals surface area contributed by atoms with Crippen LogP contribution in [0.5, 0.6) is 5.75 Å². The van der Waals surface area contributed by atoms with Crippen LogP contribution in [0.25, 0.3) is 0 Å². The molecule has 1 rings (SSSR count). The molecule has 0 aliphatic heterocycles. The summed E-state index contributed by atoms with van der Waals surface area (Å²) in [5.74, 6) is 0.0720. The second-order valence-electron chi connectivity index (χ2n) is 5.36. The molecular formula is C13H21N3O4S. The molecule has 1 amide bonds. The zero-order valence-electron chi connectivity index (χ0n) is 12.3. The van der Waals surface area contributed by atoms with Crippen LogP contribution in [-0.2, 0) is 14.8 Å². The molecular weight excluding hydrogens is 294 g/mol. The van der Waals surface area contributed by atoms with Gasteiger partial charge in [-0.25, -0.2) is 13.1 Å². The summed E-state index contributed by atoms with van der Waals surface area (Å²) in [5, 5.41) is 2.60. The topological polar surface area (TPSA) is 111 Å². The van der Waals surface area contributed by atoms with Gasteiger partial charge >= 0.3 is 0 Å². The Morgan fingerprint density at radius 1 is 1.33 bits per heavy atom. The highest BCUT2D eigenvalue weighted by atomic mass is 32.2. The molecule has 0 fully saturated rings. The number of para-hydroxylation sites is 2. The molecule has 0 aliphatic rings. The Morgan fingerprint density at radius 3 is 2.52 bits per heavy atom. The number of nitrogen functional groups attached to an aromatic ring is 1. The van der Waals surface area contributed by atoms with E-state index in [0.717, 1.165) is 6.26 Å². The van der Waals surface area contributed by atoms with Crippen molar-refractivity contribution in [3.05, 3.63) is 24.3 Å². The number of ether oxygens (including phenoxy) is 1. The lowest BCUT2D eigenvalue weighted by Gasteiger charge is -2.25. The van der Waals surface area contributed by atoms with Crippen molar-refractivity contribution in [1.82, 2.24) is 10.0 Å². The Labute approximate surface area is 124 Å². The van der Waals surface area contributed by atoms with E-state index < -0.39 is 15.6 Å². The Morgan fingerprint density at radius 2 is 1.95 bits per heavy atom. The third-order valence-electron chi connectivity index (χ3n) is 2.47. The van der Waals surface area contributed by atoms with E-state index in [1.807, 2.05) is 0 Å². The molecule has 1 aromatic carbocycles. The zero-order valence-corrected chi connectivity index (χ0v) is 13.2. The lowest BCUT2D eigenvalue weighted by Crippen LogP contribution is -2.51. The van der Waals surface area contributed by atoms with E-state index in [4.69, 9.17) is 10.5 Å². The number of carbonyl (C=O) groups excluding carboxylic acids is 1. The number of amides is 1. The summed E-state index contributed by atoms with van der Waals surface area (Å²) in [6.45, 7) is 3.30. The number of hydrogen-bond acceptors (Lipinski definition) is 5. The van der Waals surface area contributed by atoms with Gasteiger partial charge in [0.15, 0.2) is 6.61 Å². The van der Waals surface area contributed by atoms with Crippen molar-refractivity contribution < 1.29 is 17.9 Å². The first-order valence-electron chi connectivity index (χ1n) is 6.32. The van der Waals surface area contributed by atoms with E-state index >= 15 is 0 Å². The predicted molar refractivity (Wildman–Crippen MR) is 81.4 cm³/mol. The van der Waals surface area contributed by atoms with Gasteiger partial charge in [-0.15, -0.1) is 0 Å².